The van der Waals surface area contributed by atoms with Gasteiger partial charge in [0.2, 0.25) is 0 Å². The third-order valence-corrected chi connectivity index (χ3v) is 4.09. The van der Waals surface area contributed by atoms with Crippen molar-refractivity contribution in [1.29, 1.82) is 0 Å². The predicted octanol–water partition coefficient (Wildman–Crippen LogP) is 3.41. The van der Waals surface area contributed by atoms with Crippen LogP contribution in [-0.2, 0) is 4.79 Å². The molecule has 0 atom stereocenters. The zero-order valence-electron chi connectivity index (χ0n) is 11.4. The summed E-state index contributed by atoms with van der Waals surface area (Å²) >= 11 is 3.50. The molecule has 1 amide bonds. The van der Waals surface area contributed by atoms with Crippen LogP contribution in [0.1, 0.15) is 5.56 Å². The molecule has 0 spiro atoms. The molecule has 2 aromatic rings. The number of nitrogens with one attached hydrogen (secondary N) is 2. The summed E-state index contributed by atoms with van der Waals surface area (Å²) < 4.78 is 6.34. The van der Waals surface area contributed by atoms with E-state index in [0.717, 1.165) is 21.4 Å². The fraction of sp³-hybridized carbons (Fsp3) is 0.133. The minimum absolute atomic E-state index is 0.0180. The highest BCUT2D eigenvalue weighted by atomic mass is 79.9. The average molecular weight is 348 g/mol. The molecule has 0 aliphatic carbocycles. The molecule has 108 valence electrons. The number of carbonyl (C=O) groups is 1. The number of fused-ring (bicyclic) bond motifs is 1. The Kier molecular flexibility index (Phi) is 3.47. The molecule has 2 aromatic carbocycles. The van der Waals surface area contributed by atoms with Gasteiger partial charge in [-0.25, -0.2) is 0 Å². The lowest BCUT2D eigenvalue weighted by atomic mass is 10.2. The number of rotatable bonds is 2. The molecular formula is C15H14BrN3O2. The molecule has 0 saturated heterocycles. The summed E-state index contributed by atoms with van der Waals surface area (Å²) in [6.07, 6.45) is 0. The lowest BCUT2D eigenvalue weighted by molar-refractivity contribution is -0.118. The van der Waals surface area contributed by atoms with Gasteiger partial charge in [0.1, 0.15) is 5.75 Å². The van der Waals surface area contributed by atoms with E-state index in [1.807, 2.05) is 25.1 Å². The lowest BCUT2D eigenvalue weighted by Gasteiger charge is -2.20. The second-order valence-corrected chi connectivity index (χ2v) is 5.72. The first-order chi connectivity index (χ1) is 10.0. The minimum Gasteiger partial charge on any atom is -0.482 e. The molecule has 5 nitrogen and oxygen atoms in total. The Bertz CT molecular complexity index is 731. The monoisotopic (exact) mass is 347 g/mol. The third kappa shape index (κ3) is 2.80. The maximum absolute atomic E-state index is 11.4. The van der Waals surface area contributed by atoms with Gasteiger partial charge in [-0.3, -0.25) is 4.79 Å². The maximum atomic E-state index is 11.4. The summed E-state index contributed by atoms with van der Waals surface area (Å²) in [7, 11) is 0. The van der Waals surface area contributed by atoms with Gasteiger partial charge in [-0.15, -0.1) is 0 Å². The van der Waals surface area contributed by atoms with E-state index in [0.29, 0.717) is 17.1 Å². The number of hydrogen-bond acceptors (Lipinski definition) is 4. The molecule has 1 aliphatic rings. The minimum atomic E-state index is -0.170. The van der Waals surface area contributed by atoms with Gasteiger partial charge in [-0.1, -0.05) is 22.0 Å². The largest absolute Gasteiger partial charge is 0.482 e. The molecule has 4 N–H and O–H groups in total. The van der Waals surface area contributed by atoms with Gasteiger partial charge in [0.15, 0.2) is 6.61 Å². The van der Waals surface area contributed by atoms with Crippen LogP contribution in [0.5, 0.6) is 5.75 Å². The first-order valence-electron chi connectivity index (χ1n) is 6.42. The van der Waals surface area contributed by atoms with Crippen LogP contribution in [-0.4, -0.2) is 12.5 Å². The molecule has 1 aliphatic heterocycles. The normalized spacial score (nSPS) is 13.1. The molecular weight excluding hydrogens is 334 g/mol. The SMILES string of the molecule is Cc1ccc(Nc2cc3c(cc2N)OCC(=O)N3)cc1Br. The molecule has 0 radical (unpaired) electrons. The topological polar surface area (TPSA) is 76.4 Å². The van der Waals surface area contributed by atoms with Crippen molar-refractivity contribution in [1.82, 2.24) is 0 Å². The zero-order chi connectivity index (χ0) is 15.0. The number of aryl methyl sites for hydroxylation is 1. The third-order valence-electron chi connectivity index (χ3n) is 3.24. The number of ether oxygens (including phenoxy) is 1. The number of anilines is 4. The van der Waals surface area contributed by atoms with Crippen molar-refractivity contribution in [2.24, 2.45) is 0 Å². The van der Waals surface area contributed by atoms with Crippen molar-refractivity contribution in [3.05, 3.63) is 40.4 Å². The van der Waals surface area contributed by atoms with Gasteiger partial charge < -0.3 is 21.1 Å². The van der Waals surface area contributed by atoms with Gasteiger partial charge >= 0.3 is 0 Å². The van der Waals surface area contributed by atoms with E-state index in [2.05, 4.69) is 26.6 Å². The highest BCUT2D eigenvalue weighted by Gasteiger charge is 2.18. The Morgan fingerprint density at radius 2 is 2.14 bits per heavy atom. The van der Waals surface area contributed by atoms with E-state index in [9.17, 15) is 4.79 Å². The van der Waals surface area contributed by atoms with Crippen LogP contribution >= 0.6 is 15.9 Å². The first kappa shape index (κ1) is 13.8. The van der Waals surface area contributed by atoms with E-state index in [4.69, 9.17) is 10.5 Å². The summed E-state index contributed by atoms with van der Waals surface area (Å²) in [4.78, 5) is 11.4. The van der Waals surface area contributed by atoms with E-state index < -0.39 is 0 Å². The molecule has 1 heterocycles. The number of amides is 1. The van der Waals surface area contributed by atoms with Gasteiger partial charge in [-0.05, 0) is 30.7 Å². The van der Waals surface area contributed by atoms with E-state index >= 15 is 0 Å². The summed E-state index contributed by atoms with van der Waals surface area (Å²) in [5.41, 5.74) is 9.98. The predicted molar refractivity (Wildman–Crippen MR) is 87.1 cm³/mol. The second-order valence-electron chi connectivity index (χ2n) is 4.86. The molecule has 6 heteroatoms. The van der Waals surface area contributed by atoms with Crippen molar-refractivity contribution < 1.29 is 9.53 Å². The van der Waals surface area contributed by atoms with E-state index in [1.165, 1.54) is 0 Å². The van der Waals surface area contributed by atoms with Crippen molar-refractivity contribution >= 4 is 44.6 Å². The van der Waals surface area contributed by atoms with Crippen molar-refractivity contribution in [2.45, 2.75) is 6.92 Å². The number of nitrogens with two attached hydrogens (primary N) is 1. The second kappa shape index (κ2) is 5.29. The molecule has 0 aromatic heterocycles. The number of carbonyl (C=O) groups excluding carboxylic acids is 1. The number of nitrogen functional groups attached to an aromatic ring is 1. The molecule has 0 saturated carbocycles. The molecule has 0 fully saturated rings. The Labute approximate surface area is 130 Å². The summed E-state index contributed by atoms with van der Waals surface area (Å²) in [5, 5.41) is 6.01. The van der Waals surface area contributed by atoms with E-state index in [-0.39, 0.29) is 12.5 Å². The Morgan fingerprint density at radius 1 is 1.33 bits per heavy atom. The Balaban J connectivity index is 1.93. The van der Waals surface area contributed by atoms with Crippen LogP contribution in [0.15, 0.2) is 34.8 Å². The van der Waals surface area contributed by atoms with Crippen molar-refractivity contribution in [2.75, 3.05) is 23.0 Å². The van der Waals surface area contributed by atoms with Gasteiger partial charge in [-0.2, -0.15) is 0 Å². The van der Waals surface area contributed by atoms with Gasteiger partial charge in [0.25, 0.3) is 5.91 Å². The van der Waals surface area contributed by atoms with Crippen molar-refractivity contribution in [3.63, 3.8) is 0 Å². The number of benzene rings is 2. The van der Waals surface area contributed by atoms with E-state index in [1.54, 1.807) is 12.1 Å². The van der Waals surface area contributed by atoms with Crippen LogP contribution in [0.2, 0.25) is 0 Å². The average Bonchev–Trinajstić information content (AvgIpc) is 2.44. The quantitative estimate of drug-likeness (QED) is 0.727. The first-order valence-corrected chi connectivity index (χ1v) is 7.21. The lowest BCUT2D eigenvalue weighted by Crippen LogP contribution is -2.25. The van der Waals surface area contributed by atoms with Crippen LogP contribution in [0.3, 0.4) is 0 Å². The van der Waals surface area contributed by atoms with Crippen LogP contribution in [0, 0.1) is 6.92 Å². The van der Waals surface area contributed by atoms with Crippen LogP contribution in [0.25, 0.3) is 0 Å². The molecule has 0 unspecified atom stereocenters. The number of hydrogen-bond donors (Lipinski definition) is 3. The van der Waals surface area contributed by atoms with Gasteiger partial charge in [0.05, 0.1) is 17.1 Å². The fourth-order valence-electron chi connectivity index (χ4n) is 2.08. The smallest absolute Gasteiger partial charge is 0.262 e. The Morgan fingerprint density at radius 3 is 2.90 bits per heavy atom. The fourth-order valence-corrected chi connectivity index (χ4v) is 2.46. The highest BCUT2D eigenvalue weighted by molar-refractivity contribution is 9.10. The molecule has 0 bridgehead atoms. The standard InChI is InChI=1S/C15H14BrN3O2/c1-8-2-3-9(4-10(8)16)18-12-6-13-14(5-11(12)17)21-7-15(20)19-13/h2-6,18H,7,17H2,1H3,(H,19,20). The Hall–Kier alpha value is -2.21. The summed E-state index contributed by atoms with van der Waals surface area (Å²) in [6.45, 7) is 2.04. The highest BCUT2D eigenvalue weighted by Crippen LogP contribution is 2.36. The number of halogens is 1. The van der Waals surface area contributed by atoms with Crippen LogP contribution in [0.4, 0.5) is 22.7 Å². The molecule has 3 rings (SSSR count). The summed E-state index contributed by atoms with van der Waals surface area (Å²) in [5.74, 6) is 0.416. The van der Waals surface area contributed by atoms with Crippen molar-refractivity contribution in [3.8, 4) is 5.75 Å². The maximum Gasteiger partial charge on any atom is 0.262 e. The van der Waals surface area contributed by atoms with Crippen LogP contribution < -0.4 is 21.1 Å². The molecule has 21 heavy (non-hydrogen) atoms. The summed E-state index contributed by atoms with van der Waals surface area (Å²) in [6, 6.07) is 9.43. The van der Waals surface area contributed by atoms with Gasteiger partial charge in [0, 0.05) is 16.2 Å². The zero-order valence-corrected chi connectivity index (χ0v) is 13.0.